The van der Waals surface area contributed by atoms with Gasteiger partial charge in [0.1, 0.15) is 5.82 Å². The number of sulfonamides is 1. The minimum absolute atomic E-state index is 0.0444. The van der Waals surface area contributed by atoms with Crippen LogP contribution in [0.2, 0.25) is 0 Å². The largest absolute Gasteiger partial charge is 0.355 e. The normalized spacial score (nSPS) is 12.3. The third kappa shape index (κ3) is 4.75. The van der Waals surface area contributed by atoms with E-state index in [2.05, 4.69) is 5.32 Å². The van der Waals surface area contributed by atoms with Crippen LogP contribution in [0.5, 0.6) is 0 Å². The standard InChI is InChI=1S/C19H18F3N3O4S2/c1-23-11-13-9-18(16-7-2-3-8-17(16)20)25(12-13)31(28,29)15-6-4-5-14(10-15)24-30(26,27)19(21)22/h2-10,12,19,23-24H,11H2,1H3. The monoisotopic (exact) mass is 473 g/mol. The van der Waals surface area contributed by atoms with Gasteiger partial charge < -0.3 is 5.32 Å². The van der Waals surface area contributed by atoms with E-state index in [1.807, 2.05) is 0 Å². The van der Waals surface area contributed by atoms with Crippen molar-refractivity contribution in [2.45, 2.75) is 17.2 Å². The molecule has 0 aliphatic heterocycles. The highest BCUT2D eigenvalue weighted by Crippen LogP contribution is 2.30. The molecule has 0 unspecified atom stereocenters. The first-order valence-corrected chi connectivity index (χ1v) is 11.8. The fraction of sp³-hybridized carbons (Fsp3) is 0.158. The number of anilines is 1. The van der Waals surface area contributed by atoms with E-state index in [0.717, 1.165) is 16.1 Å². The fourth-order valence-corrected chi connectivity index (χ4v) is 4.89. The molecule has 1 aromatic heterocycles. The van der Waals surface area contributed by atoms with Gasteiger partial charge in [-0.15, -0.1) is 0 Å². The first-order chi connectivity index (χ1) is 14.6. The number of hydrogen-bond acceptors (Lipinski definition) is 5. The van der Waals surface area contributed by atoms with Gasteiger partial charge in [0.05, 0.1) is 16.3 Å². The molecule has 12 heteroatoms. The molecule has 3 aromatic rings. The number of nitrogens with zero attached hydrogens (tertiary/aromatic N) is 1. The summed E-state index contributed by atoms with van der Waals surface area (Å²) < 4.78 is 91.6. The molecule has 0 radical (unpaired) electrons. The molecule has 1 heterocycles. The highest BCUT2D eigenvalue weighted by molar-refractivity contribution is 7.93. The van der Waals surface area contributed by atoms with Gasteiger partial charge in [-0.25, -0.2) is 25.2 Å². The van der Waals surface area contributed by atoms with Crippen molar-refractivity contribution < 1.29 is 30.0 Å². The third-order valence-electron chi connectivity index (χ3n) is 4.26. The molecule has 7 nitrogen and oxygen atoms in total. The van der Waals surface area contributed by atoms with Gasteiger partial charge in [-0.05, 0) is 49.0 Å². The summed E-state index contributed by atoms with van der Waals surface area (Å²) in [5.41, 5.74) is 0.306. The Hall–Kier alpha value is -2.83. The summed E-state index contributed by atoms with van der Waals surface area (Å²) in [4.78, 5) is -0.369. The molecular weight excluding hydrogens is 455 g/mol. The highest BCUT2D eigenvalue weighted by atomic mass is 32.2. The third-order valence-corrected chi connectivity index (χ3v) is 6.92. The molecule has 2 N–H and O–H groups in total. The van der Waals surface area contributed by atoms with E-state index in [-0.39, 0.29) is 21.8 Å². The maximum atomic E-state index is 14.4. The lowest BCUT2D eigenvalue weighted by Crippen LogP contribution is -2.21. The Morgan fingerprint density at radius 1 is 1.00 bits per heavy atom. The minimum Gasteiger partial charge on any atom is -0.316 e. The van der Waals surface area contributed by atoms with Crippen molar-refractivity contribution in [3.8, 4) is 11.3 Å². The molecular formula is C19H18F3N3O4S2. The van der Waals surface area contributed by atoms with Gasteiger partial charge in [0.15, 0.2) is 0 Å². The smallest absolute Gasteiger partial charge is 0.316 e. The summed E-state index contributed by atoms with van der Waals surface area (Å²) in [7, 11) is -7.65. The van der Waals surface area contributed by atoms with Crippen molar-refractivity contribution in [1.82, 2.24) is 9.29 Å². The van der Waals surface area contributed by atoms with Crippen molar-refractivity contribution in [1.29, 1.82) is 0 Å². The molecule has 0 saturated carbocycles. The summed E-state index contributed by atoms with van der Waals surface area (Å²) in [5, 5.41) is 2.88. The Bertz CT molecular complexity index is 1310. The quantitative estimate of drug-likeness (QED) is 0.524. The number of hydrogen-bond donors (Lipinski definition) is 2. The number of alkyl halides is 2. The van der Waals surface area contributed by atoms with Crippen LogP contribution < -0.4 is 10.0 Å². The zero-order valence-corrected chi connectivity index (χ0v) is 17.7. The number of rotatable bonds is 8. The number of halogens is 3. The van der Waals surface area contributed by atoms with E-state index >= 15 is 0 Å². The first kappa shape index (κ1) is 22.8. The van der Waals surface area contributed by atoms with Crippen molar-refractivity contribution in [3.05, 3.63) is 72.2 Å². The summed E-state index contributed by atoms with van der Waals surface area (Å²) in [6.45, 7) is 0.304. The fourth-order valence-electron chi connectivity index (χ4n) is 2.90. The van der Waals surface area contributed by atoms with E-state index in [1.165, 1.54) is 42.6 Å². The van der Waals surface area contributed by atoms with Crippen LogP contribution in [0.25, 0.3) is 11.3 Å². The predicted octanol–water partition coefficient (Wildman–Crippen LogP) is 3.21. The number of aromatic nitrogens is 1. The van der Waals surface area contributed by atoms with Crippen LogP contribution in [0.4, 0.5) is 18.9 Å². The Labute approximate surface area is 177 Å². The second-order valence-corrected chi connectivity index (χ2v) is 9.95. The molecule has 0 aliphatic rings. The molecule has 0 amide bonds. The Morgan fingerprint density at radius 3 is 2.35 bits per heavy atom. The molecule has 31 heavy (non-hydrogen) atoms. The van der Waals surface area contributed by atoms with Crippen LogP contribution in [0.15, 0.2) is 65.7 Å². The van der Waals surface area contributed by atoms with Gasteiger partial charge in [0.25, 0.3) is 20.0 Å². The molecule has 0 bridgehead atoms. The van der Waals surface area contributed by atoms with Crippen molar-refractivity contribution in [2.75, 3.05) is 11.8 Å². The summed E-state index contributed by atoms with van der Waals surface area (Å²) >= 11 is 0. The van der Waals surface area contributed by atoms with Gasteiger partial charge >= 0.3 is 5.76 Å². The van der Waals surface area contributed by atoms with E-state index in [0.29, 0.717) is 12.1 Å². The van der Waals surface area contributed by atoms with Gasteiger partial charge in [0.2, 0.25) is 0 Å². The lowest BCUT2D eigenvalue weighted by Gasteiger charge is -2.13. The summed E-state index contributed by atoms with van der Waals surface area (Å²) in [5.74, 6) is -4.32. The second-order valence-electron chi connectivity index (χ2n) is 6.48. The van der Waals surface area contributed by atoms with Crippen LogP contribution in [-0.2, 0) is 26.6 Å². The van der Waals surface area contributed by atoms with Crippen LogP contribution >= 0.6 is 0 Å². The molecule has 2 aromatic carbocycles. The topological polar surface area (TPSA) is 97.3 Å². The molecule has 0 atom stereocenters. The lowest BCUT2D eigenvalue weighted by molar-refractivity contribution is 0.236. The maximum absolute atomic E-state index is 14.4. The molecule has 0 aliphatic carbocycles. The lowest BCUT2D eigenvalue weighted by atomic mass is 10.1. The number of nitrogens with one attached hydrogen (secondary N) is 2. The molecule has 3 rings (SSSR count). The van der Waals surface area contributed by atoms with Crippen molar-refractivity contribution >= 4 is 25.7 Å². The Balaban J connectivity index is 2.13. The summed E-state index contributed by atoms with van der Waals surface area (Å²) in [6.07, 6.45) is 1.31. The number of benzene rings is 2. The summed E-state index contributed by atoms with van der Waals surface area (Å²) in [6, 6.07) is 11.6. The molecule has 0 saturated heterocycles. The van der Waals surface area contributed by atoms with Crippen molar-refractivity contribution in [2.24, 2.45) is 0 Å². The van der Waals surface area contributed by atoms with Gasteiger partial charge in [0, 0.05) is 18.3 Å². The molecule has 166 valence electrons. The SMILES string of the molecule is CNCc1cc(-c2ccccc2F)n(S(=O)(=O)c2cccc(NS(=O)(=O)C(F)F)c2)c1. The second kappa shape index (κ2) is 8.73. The van der Waals surface area contributed by atoms with Crippen LogP contribution in [0.3, 0.4) is 0 Å². The zero-order chi connectivity index (χ0) is 22.8. The average molecular weight is 473 g/mol. The minimum atomic E-state index is -4.98. The van der Waals surface area contributed by atoms with E-state index in [9.17, 15) is 30.0 Å². The predicted molar refractivity (Wildman–Crippen MR) is 110 cm³/mol. The van der Waals surface area contributed by atoms with Crippen LogP contribution in [0, 0.1) is 5.82 Å². The molecule has 0 fully saturated rings. The van der Waals surface area contributed by atoms with Gasteiger partial charge in [-0.1, -0.05) is 18.2 Å². The highest BCUT2D eigenvalue weighted by Gasteiger charge is 2.26. The van der Waals surface area contributed by atoms with Crippen LogP contribution in [-0.4, -0.2) is 33.6 Å². The van der Waals surface area contributed by atoms with E-state index in [4.69, 9.17) is 0 Å². The van der Waals surface area contributed by atoms with E-state index in [1.54, 1.807) is 17.8 Å². The Morgan fingerprint density at radius 2 is 1.71 bits per heavy atom. The van der Waals surface area contributed by atoms with E-state index < -0.39 is 31.6 Å². The molecule has 0 spiro atoms. The average Bonchev–Trinajstić information content (AvgIpc) is 3.13. The maximum Gasteiger partial charge on any atom is 0.355 e. The van der Waals surface area contributed by atoms with Crippen LogP contribution in [0.1, 0.15) is 5.56 Å². The zero-order valence-electron chi connectivity index (χ0n) is 16.1. The Kier molecular flexibility index (Phi) is 6.43. The first-order valence-electron chi connectivity index (χ1n) is 8.82. The van der Waals surface area contributed by atoms with Gasteiger partial charge in [-0.3, -0.25) is 4.72 Å². The van der Waals surface area contributed by atoms with Gasteiger partial charge in [-0.2, -0.15) is 8.78 Å². The van der Waals surface area contributed by atoms with Crippen molar-refractivity contribution in [3.63, 3.8) is 0 Å².